The van der Waals surface area contributed by atoms with Gasteiger partial charge in [-0.05, 0) is 102 Å². The number of rotatable bonds is 6. The molecule has 0 saturated heterocycles. The van der Waals surface area contributed by atoms with Gasteiger partial charge in [-0.15, -0.1) is 0 Å². The van der Waals surface area contributed by atoms with Crippen LogP contribution < -0.4 is 10.6 Å². The van der Waals surface area contributed by atoms with Gasteiger partial charge in [0, 0.05) is 54.4 Å². The van der Waals surface area contributed by atoms with E-state index in [1.165, 1.54) is 71.2 Å². The molecule has 3 aromatic heterocycles. The Balaban J connectivity index is 1.00. The van der Waals surface area contributed by atoms with Crippen LogP contribution in [-0.2, 0) is 0 Å². The number of para-hydroxylation sites is 3. The van der Waals surface area contributed by atoms with Crippen molar-refractivity contribution in [3.8, 4) is 44.8 Å². The van der Waals surface area contributed by atoms with Crippen LogP contribution in [0.5, 0.6) is 0 Å². The highest BCUT2D eigenvalue weighted by Crippen LogP contribution is 2.38. The Labute approximate surface area is 336 Å². The van der Waals surface area contributed by atoms with Gasteiger partial charge in [0.2, 0.25) is 0 Å². The quantitative estimate of drug-likeness (QED) is 0.166. The third-order valence-electron chi connectivity index (χ3n) is 11.8. The summed E-state index contributed by atoms with van der Waals surface area (Å²) in [5.41, 5.74) is 14.8. The second kappa shape index (κ2) is 13.7. The van der Waals surface area contributed by atoms with Crippen LogP contribution in [0.1, 0.15) is 20.3 Å². The normalized spacial score (nSPS) is 12.6. The molecule has 0 spiro atoms. The van der Waals surface area contributed by atoms with Gasteiger partial charge >= 0.3 is 0 Å². The van der Waals surface area contributed by atoms with Crippen LogP contribution in [-0.4, -0.2) is 9.13 Å². The highest BCUT2D eigenvalue weighted by molar-refractivity contribution is 6.11. The van der Waals surface area contributed by atoms with Crippen LogP contribution >= 0.6 is 0 Å². The molecule has 0 N–H and O–H groups in total. The smallest absolute Gasteiger partial charge is 0.143 e. The number of hydrogen-bond donors (Lipinski definition) is 0. The van der Waals surface area contributed by atoms with Crippen LogP contribution in [0.2, 0.25) is 0 Å². The van der Waals surface area contributed by atoms with Crippen LogP contribution in [0.25, 0.3) is 112 Å². The summed E-state index contributed by atoms with van der Waals surface area (Å²) in [5, 5.41) is 8.53. The lowest BCUT2D eigenvalue weighted by atomic mass is 10.0. The van der Waals surface area contributed by atoms with Crippen molar-refractivity contribution < 1.29 is 4.42 Å². The van der Waals surface area contributed by atoms with Gasteiger partial charge in [0.1, 0.15) is 11.2 Å². The van der Waals surface area contributed by atoms with E-state index in [0.29, 0.717) is 0 Å². The van der Waals surface area contributed by atoms with Crippen molar-refractivity contribution in [1.29, 1.82) is 0 Å². The second-order valence-electron chi connectivity index (χ2n) is 15.1. The SMILES string of the molecule is C/C=c1\c(=C/CC)n(-c2ccc(-c3ccccc3)cc2)c2ccc(-c3ccc4c(c3)c3ccccc3n4-c3ccc(-c4cccc5c4oc4ccccc45)cc3)cc12. The predicted octanol–water partition coefficient (Wildman–Crippen LogP) is 13.6. The molecule has 0 bridgehead atoms. The highest BCUT2D eigenvalue weighted by Gasteiger charge is 2.17. The predicted molar refractivity (Wildman–Crippen MR) is 245 cm³/mol. The Hall–Kier alpha value is -7.36. The maximum atomic E-state index is 6.39. The number of furan rings is 1. The van der Waals surface area contributed by atoms with E-state index in [2.05, 4.69) is 205 Å². The first-order valence-electron chi connectivity index (χ1n) is 20.2. The summed E-state index contributed by atoms with van der Waals surface area (Å²) in [5.74, 6) is 0. The number of hydrogen-bond acceptors (Lipinski definition) is 1. The molecule has 276 valence electrons. The average Bonchev–Trinajstić information content (AvgIpc) is 3.94. The van der Waals surface area contributed by atoms with Gasteiger partial charge in [-0.2, -0.15) is 0 Å². The van der Waals surface area contributed by atoms with E-state index >= 15 is 0 Å². The minimum Gasteiger partial charge on any atom is -0.455 e. The minimum absolute atomic E-state index is 0.915. The maximum absolute atomic E-state index is 6.39. The fourth-order valence-electron chi connectivity index (χ4n) is 9.12. The van der Waals surface area contributed by atoms with E-state index in [0.717, 1.165) is 45.2 Å². The second-order valence-corrected chi connectivity index (χ2v) is 15.1. The molecule has 11 aromatic rings. The molecule has 58 heavy (non-hydrogen) atoms. The van der Waals surface area contributed by atoms with E-state index in [1.54, 1.807) is 0 Å². The molecule has 0 aliphatic carbocycles. The van der Waals surface area contributed by atoms with Crippen molar-refractivity contribution in [1.82, 2.24) is 9.13 Å². The molecule has 0 unspecified atom stereocenters. The third kappa shape index (κ3) is 5.35. The van der Waals surface area contributed by atoms with Gasteiger partial charge in [-0.1, -0.05) is 140 Å². The minimum atomic E-state index is 0.915. The summed E-state index contributed by atoms with van der Waals surface area (Å²) in [7, 11) is 0. The van der Waals surface area contributed by atoms with Crippen LogP contribution in [0.3, 0.4) is 0 Å². The van der Waals surface area contributed by atoms with Crippen molar-refractivity contribution in [2.75, 3.05) is 0 Å². The molecule has 0 amide bonds. The Morgan fingerprint density at radius 1 is 0.448 bits per heavy atom. The van der Waals surface area contributed by atoms with E-state index in [1.807, 2.05) is 12.1 Å². The van der Waals surface area contributed by atoms with Crippen molar-refractivity contribution in [3.63, 3.8) is 0 Å². The fourth-order valence-corrected chi connectivity index (χ4v) is 9.12. The lowest BCUT2D eigenvalue weighted by molar-refractivity contribution is 0.670. The molecule has 0 atom stereocenters. The summed E-state index contributed by atoms with van der Waals surface area (Å²) in [6.45, 7) is 4.37. The maximum Gasteiger partial charge on any atom is 0.143 e. The molecule has 0 aliphatic rings. The van der Waals surface area contributed by atoms with Gasteiger partial charge in [0.15, 0.2) is 0 Å². The summed E-state index contributed by atoms with van der Waals surface area (Å²) in [4.78, 5) is 0. The summed E-state index contributed by atoms with van der Waals surface area (Å²) in [6, 6.07) is 65.8. The van der Waals surface area contributed by atoms with Crippen molar-refractivity contribution >= 4 is 66.8 Å². The molecular formula is C55H40N2O. The van der Waals surface area contributed by atoms with Gasteiger partial charge in [0.05, 0.1) is 16.6 Å². The first-order valence-corrected chi connectivity index (χ1v) is 20.2. The topological polar surface area (TPSA) is 23.0 Å². The van der Waals surface area contributed by atoms with Gasteiger partial charge in [-0.25, -0.2) is 0 Å². The van der Waals surface area contributed by atoms with E-state index in [9.17, 15) is 0 Å². The van der Waals surface area contributed by atoms with Crippen molar-refractivity contribution in [2.24, 2.45) is 0 Å². The molecular weight excluding hydrogens is 705 g/mol. The number of fused-ring (bicyclic) bond motifs is 7. The Morgan fingerprint density at radius 3 is 1.76 bits per heavy atom. The molecule has 0 fully saturated rings. The zero-order valence-corrected chi connectivity index (χ0v) is 32.5. The van der Waals surface area contributed by atoms with Gasteiger partial charge < -0.3 is 13.6 Å². The molecule has 3 heteroatoms. The largest absolute Gasteiger partial charge is 0.455 e. The number of benzene rings is 8. The Morgan fingerprint density at radius 2 is 1.02 bits per heavy atom. The molecule has 0 saturated carbocycles. The zero-order chi connectivity index (χ0) is 38.7. The first kappa shape index (κ1) is 33.9. The standard InChI is InChI=1S/C55H40N2O/c1-3-13-50-43(4-2)48-34-39(26-32-52(48)56(50)41-28-22-37(23-29-41)36-14-6-5-7-15-36)40-27-33-53-49(35-40)45-16-8-10-20-51(45)57(53)42-30-24-38(25-31-42)44-18-12-19-47-46-17-9-11-21-54(46)58-55(44)47/h4-35H,3H2,1-2H3/b43-4-,50-13+. The van der Waals surface area contributed by atoms with Crippen LogP contribution in [0.15, 0.2) is 186 Å². The lowest BCUT2D eigenvalue weighted by Gasteiger charge is -2.11. The molecule has 0 radical (unpaired) electrons. The molecule has 3 heterocycles. The monoisotopic (exact) mass is 744 g/mol. The highest BCUT2D eigenvalue weighted by atomic mass is 16.3. The number of nitrogens with zero attached hydrogens (tertiary/aromatic N) is 2. The summed E-state index contributed by atoms with van der Waals surface area (Å²) in [6.07, 6.45) is 5.57. The number of aromatic nitrogens is 2. The molecule has 0 aliphatic heterocycles. The van der Waals surface area contributed by atoms with Crippen molar-refractivity contribution in [3.05, 3.63) is 193 Å². The molecule has 8 aromatic carbocycles. The lowest BCUT2D eigenvalue weighted by Crippen LogP contribution is -2.28. The Bertz CT molecular complexity index is 3470. The summed E-state index contributed by atoms with van der Waals surface area (Å²) >= 11 is 0. The van der Waals surface area contributed by atoms with Crippen LogP contribution in [0, 0.1) is 0 Å². The van der Waals surface area contributed by atoms with Crippen LogP contribution in [0.4, 0.5) is 0 Å². The average molecular weight is 745 g/mol. The van der Waals surface area contributed by atoms with Gasteiger partial charge in [0.25, 0.3) is 0 Å². The first-order chi connectivity index (χ1) is 28.7. The van der Waals surface area contributed by atoms with Crippen molar-refractivity contribution in [2.45, 2.75) is 20.3 Å². The van der Waals surface area contributed by atoms with E-state index in [-0.39, 0.29) is 0 Å². The van der Waals surface area contributed by atoms with E-state index in [4.69, 9.17) is 4.42 Å². The molecule has 11 rings (SSSR count). The summed E-state index contributed by atoms with van der Waals surface area (Å²) < 4.78 is 11.2. The molecule has 3 nitrogen and oxygen atoms in total. The van der Waals surface area contributed by atoms with E-state index < -0.39 is 0 Å². The zero-order valence-electron chi connectivity index (χ0n) is 32.5. The van der Waals surface area contributed by atoms with Gasteiger partial charge in [-0.3, -0.25) is 0 Å². The fraction of sp³-hybridized carbons (Fsp3) is 0.0545. The Kier molecular flexibility index (Phi) is 8.01. The third-order valence-corrected chi connectivity index (χ3v) is 11.8.